The fourth-order valence-electron chi connectivity index (χ4n) is 2.90. The van der Waals surface area contributed by atoms with Gasteiger partial charge in [0.1, 0.15) is 11.6 Å². The highest BCUT2D eigenvalue weighted by Crippen LogP contribution is 2.26. The van der Waals surface area contributed by atoms with Gasteiger partial charge in [-0.15, -0.1) is 0 Å². The van der Waals surface area contributed by atoms with Crippen LogP contribution in [0.4, 0.5) is 11.5 Å². The summed E-state index contributed by atoms with van der Waals surface area (Å²) in [5, 5.41) is 8.21. The van der Waals surface area contributed by atoms with E-state index in [4.69, 9.17) is 15.9 Å². The summed E-state index contributed by atoms with van der Waals surface area (Å²) in [7, 11) is -3.04. The first-order valence-corrected chi connectivity index (χ1v) is 10.7. The Morgan fingerprint density at radius 1 is 1.30 bits per heavy atom. The largest absolute Gasteiger partial charge is 0.491 e. The summed E-state index contributed by atoms with van der Waals surface area (Å²) < 4.78 is 28.9. The molecule has 0 radical (unpaired) electrons. The molecular formula is C19H24N4O3S. The zero-order valence-electron chi connectivity index (χ0n) is 15.6. The van der Waals surface area contributed by atoms with Gasteiger partial charge < -0.3 is 15.4 Å². The molecule has 2 aromatic rings. The first kappa shape index (κ1) is 19.2. The van der Waals surface area contributed by atoms with E-state index in [1.165, 1.54) is 6.26 Å². The molecule has 0 aliphatic carbocycles. The van der Waals surface area contributed by atoms with Crippen LogP contribution in [0.15, 0.2) is 36.5 Å². The van der Waals surface area contributed by atoms with Crippen molar-refractivity contribution in [3.63, 3.8) is 0 Å². The predicted octanol–water partition coefficient (Wildman–Crippen LogP) is 2.10. The Morgan fingerprint density at radius 2 is 2.00 bits per heavy atom. The second-order valence-electron chi connectivity index (χ2n) is 7.05. The number of rotatable bonds is 6. The zero-order chi connectivity index (χ0) is 19.8. The van der Waals surface area contributed by atoms with E-state index in [2.05, 4.69) is 4.98 Å². The van der Waals surface area contributed by atoms with Gasteiger partial charge in [-0.2, -0.15) is 0 Å². The second-order valence-corrected chi connectivity index (χ2v) is 9.38. The van der Waals surface area contributed by atoms with Gasteiger partial charge in [0.25, 0.3) is 0 Å². The number of nitrogens with zero attached hydrogens (tertiary/aromatic N) is 2. The van der Waals surface area contributed by atoms with Crippen LogP contribution in [0, 0.1) is 5.41 Å². The molecule has 0 unspecified atom stereocenters. The van der Waals surface area contributed by atoms with E-state index in [-0.39, 0.29) is 17.1 Å². The molecule has 7 nitrogen and oxygen atoms in total. The van der Waals surface area contributed by atoms with Crippen LogP contribution in [0.3, 0.4) is 0 Å². The van der Waals surface area contributed by atoms with Gasteiger partial charge >= 0.3 is 0 Å². The fourth-order valence-corrected chi connectivity index (χ4v) is 3.80. The topological polar surface area (TPSA) is 109 Å². The second kappa shape index (κ2) is 7.19. The van der Waals surface area contributed by atoms with Crippen LogP contribution in [0.25, 0.3) is 0 Å². The molecule has 1 aromatic heterocycles. The maximum Gasteiger partial charge on any atom is 0.153 e. The smallest absolute Gasteiger partial charge is 0.153 e. The zero-order valence-corrected chi connectivity index (χ0v) is 16.5. The highest BCUT2D eigenvalue weighted by Gasteiger charge is 2.35. The minimum absolute atomic E-state index is 0.0254. The molecule has 144 valence electrons. The molecule has 3 rings (SSSR count). The maximum absolute atomic E-state index is 11.6. The van der Waals surface area contributed by atoms with Crippen molar-refractivity contribution in [2.24, 2.45) is 0 Å². The molecule has 0 bridgehead atoms. The molecule has 8 heteroatoms. The molecule has 0 amide bonds. The summed E-state index contributed by atoms with van der Waals surface area (Å²) in [6.45, 7) is 4.71. The van der Waals surface area contributed by atoms with Crippen LogP contribution in [0.5, 0.6) is 5.75 Å². The molecule has 2 heterocycles. The number of nitrogens with one attached hydrogen (secondary N) is 1. The Balaban J connectivity index is 1.82. The maximum atomic E-state index is 11.6. The summed E-state index contributed by atoms with van der Waals surface area (Å²) in [5.41, 5.74) is 8.08. The first-order valence-electron chi connectivity index (χ1n) is 8.70. The Morgan fingerprint density at radius 3 is 2.63 bits per heavy atom. The SMILES string of the molecule is CC(C)Oc1ccc(N)c(C(=N)c2ccnc(N3CC(S(C)(=O)=O)C3)c2)c1. The van der Waals surface area contributed by atoms with Crippen molar-refractivity contribution < 1.29 is 13.2 Å². The van der Waals surface area contributed by atoms with Crippen LogP contribution in [-0.4, -0.2) is 49.8 Å². The van der Waals surface area contributed by atoms with E-state index >= 15 is 0 Å². The lowest BCUT2D eigenvalue weighted by Gasteiger charge is -2.38. The molecule has 0 spiro atoms. The van der Waals surface area contributed by atoms with Crippen molar-refractivity contribution >= 4 is 27.1 Å². The van der Waals surface area contributed by atoms with Crippen LogP contribution in [-0.2, 0) is 9.84 Å². The summed E-state index contributed by atoms with van der Waals surface area (Å²) in [5.74, 6) is 1.32. The molecule has 1 aliphatic rings. The number of hydrogen-bond acceptors (Lipinski definition) is 7. The fraction of sp³-hybridized carbons (Fsp3) is 0.368. The van der Waals surface area contributed by atoms with Gasteiger partial charge in [0.05, 0.1) is 17.1 Å². The number of sulfone groups is 1. The quantitative estimate of drug-likeness (QED) is 0.579. The van der Waals surface area contributed by atoms with Crippen molar-refractivity contribution in [2.45, 2.75) is 25.2 Å². The molecule has 0 atom stereocenters. The van der Waals surface area contributed by atoms with Crippen LogP contribution >= 0.6 is 0 Å². The predicted molar refractivity (Wildman–Crippen MR) is 108 cm³/mol. The third kappa shape index (κ3) is 4.21. The molecular weight excluding hydrogens is 364 g/mol. The van der Waals surface area contributed by atoms with E-state index in [1.54, 1.807) is 36.5 Å². The number of nitrogens with two attached hydrogens (primary N) is 1. The Labute approximate surface area is 159 Å². The van der Waals surface area contributed by atoms with Gasteiger partial charge in [-0.05, 0) is 44.2 Å². The highest BCUT2D eigenvalue weighted by atomic mass is 32.2. The average molecular weight is 388 g/mol. The number of anilines is 2. The third-order valence-electron chi connectivity index (χ3n) is 4.48. The highest BCUT2D eigenvalue weighted by molar-refractivity contribution is 7.91. The van der Waals surface area contributed by atoms with E-state index in [0.29, 0.717) is 41.5 Å². The van der Waals surface area contributed by atoms with Crippen molar-refractivity contribution in [1.82, 2.24) is 4.98 Å². The number of hydrogen-bond donors (Lipinski definition) is 2. The lowest BCUT2D eigenvalue weighted by Crippen LogP contribution is -2.54. The summed E-state index contributed by atoms with van der Waals surface area (Å²) in [6.07, 6.45) is 2.90. The van der Waals surface area contributed by atoms with Crippen LogP contribution in [0.1, 0.15) is 25.0 Å². The summed E-state index contributed by atoms with van der Waals surface area (Å²) in [4.78, 5) is 6.20. The number of benzene rings is 1. The van der Waals surface area contributed by atoms with E-state index in [1.807, 2.05) is 18.7 Å². The van der Waals surface area contributed by atoms with Crippen LogP contribution in [0.2, 0.25) is 0 Å². The number of pyridine rings is 1. The van der Waals surface area contributed by atoms with E-state index in [9.17, 15) is 8.42 Å². The van der Waals surface area contributed by atoms with Gasteiger partial charge in [0, 0.05) is 42.4 Å². The molecule has 0 saturated carbocycles. The van der Waals surface area contributed by atoms with Crippen LogP contribution < -0.4 is 15.4 Å². The lowest BCUT2D eigenvalue weighted by molar-refractivity contribution is 0.242. The first-order chi connectivity index (χ1) is 12.6. The Bertz CT molecular complexity index is 967. The monoisotopic (exact) mass is 388 g/mol. The van der Waals surface area contributed by atoms with Crippen molar-refractivity contribution in [3.05, 3.63) is 47.7 Å². The molecule has 1 aromatic carbocycles. The average Bonchev–Trinajstić information content (AvgIpc) is 2.53. The van der Waals surface area contributed by atoms with Crippen molar-refractivity contribution in [3.8, 4) is 5.75 Å². The minimum atomic E-state index is -3.04. The van der Waals surface area contributed by atoms with Gasteiger partial charge in [-0.1, -0.05) is 0 Å². The molecule has 1 fully saturated rings. The van der Waals surface area contributed by atoms with Crippen molar-refractivity contribution in [1.29, 1.82) is 5.41 Å². The Hall–Kier alpha value is -2.61. The third-order valence-corrected chi connectivity index (χ3v) is 5.99. The number of nitrogen functional groups attached to an aromatic ring is 1. The molecule has 1 saturated heterocycles. The lowest BCUT2D eigenvalue weighted by atomic mass is 10.0. The molecule has 27 heavy (non-hydrogen) atoms. The van der Waals surface area contributed by atoms with Gasteiger partial charge in [-0.3, -0.25) is 5.41 Å². The molecule has 1 aliphatic heterocycles. The Kier molecular flexibility index (Phi) is 5.10. The normalized spacial score (nSPS) is 14.9. The van der Waals surface area contributed by atoms with Gasteiger partial charge in [0.2, 0.25) is 0 Å². The van der Waals surface area contributed by atoms with Crippen molar-refractivity contribution in [2.75, 3.05) is 30.0 Å². The van der Waals surface area contributed by atoms with E-state index < -0.39 is 9.84 Å². The number of aromatic nitrogens is 1. The summed E-state index contributed by atoms with van der Waals surface area (Å²) in [6, 6.07) is 8.82. The van der Waals surface area contributed by atoms with E-state index in [0.717, 1.165) is 0 Å². The minimum Gasteiger partial charge on any atom is -0.491 e. The summed E-state index contributed by atoms with van der Waals surface area (Å²) >= 11 is 0. The van der Waals surface area contributed by atoms with Gasteiger partial charge in [0.15, 0.2) is 9.84 Å². The standard InChI is InChI=1S/C19H24N4O3S/c1-12(2)26-14-4-5-17(20)16(9-14)19(21)13-6-7-22-18(8-13)23-10-15(11-23)27(3,24)25/h4-9,12,15,21H,10-11,20H2,1-3H3. The molecule has 3 N–H and O–H groups in total. The number of ether oxygens (including phenoxy) is 1. The van der Waals surface area contributed by atoms with Gasteiger partial charge in [-0.25, -0.2) is 13.4 Å².